The normalized spacial score (nSPS) is 10.6. The molecule has 7 aromatic rings. The molecule has 0 saturated carbocycles. The number of halogens is 2. The minimum atomic E-state index is -4.94. The fraction of sp³-hybridized carbons (Fsp3) is 0.154. The van der Waals surface area contributed by atoms with Crippen LogP contribution in [0.2, 0.25) is 0 Å². The SMILES string of the molecule is Cc1cc(C)[n+]2[n-]cnc2n1.Cc1cc(C)[n+]2[n-]cnc2n1.[Cu+2].[O-][Cl+3]([O-])([O-])[O-].[O-][Cl+3]([O-])([O-])[O-].[OH3+].c1cnc2c(c1)ccc1cccnc12. The second-order valence-electron chi connectivity index (χ2n) is 8.99. The van der Waals surface area contributed by atoms with E-state index in [1.165, 1.54) is 12.7 Å². The van der Waals surface area contributed by atoms with Crippen LogP contribution < -0.4 is 56.5 Å². The Balaban J connectivity index is 0.000000313. The Bertz CT molecular complexity index is 1880. The summed E-state index contributed by atoms with van der Waals surface area (Å²) in [7, 11) is -9.89. The first-order valence-electron chi connectivity index (χ1n) is 12.6. The van der Waals surface area contributed by atoms with Gasteiger partial charge >= 0.3 is 17.1 Å². The number of hydrogen-bond donors (Lipinski definition) is 0. The molecule has 6 aromatic heterocycles. The molecule has 7 rings (SSSR count). The van der Waals surface area contributed by atoms with Crippen LogP contribution in [-0.4, -0.2) is 29.9 Å². The van der Waals surface area contributed by atoms with Gasteiger partial charge in [0, 0.05) is 35.3 Å². The zero-order valence-electron chi connectivity index (χ0n) is 25.3. The van der Waals surface area contributed by atoms with Gasteiger partial charge in [0.2, 0.25) is 0 Å². The molecule has 0 aliphatic rings. The van der Waals surface area contributed by atoms with E-state index in [9.17, 15) is 0 Å². The van der Waals surface area contributed by atoms with E-state index in [-0.39, 0.29) is 22.5 Å². The second kappa shape index (κ2) is 18.4. The fourth-order valence-corrected chi connectivity index (χ4v) is 3.91. The van der Waals surface area contributed by atoms with Crippen LogP contribution in [0.1, 0.15) is 22.8 Å². The Morgan fingerprint density at radius 1 is 0.562 bits per heavy atom. The maximum absolute atomic E-state index is 8.49. The maximum Gasteiger partial charge on any atom is 2.00 e. The maximum atomic E-state index is 8.49. The van der Waals surface area contributed by atoms with Crippen LogP contribution in [0.15, 0.2) is 73.6 Å². The number of hydrogen-bond acceptors (Lipinski definition) is 14. The molecule has 0 bridgehead atoms. The molecule has 0 fully saturated rings. The first kappa shape index (κ1) is 41.9. The van der Waals surface area contributed by atoms with Crippen molar-refractivity contribution in [3.63, 3.8) is 0 Å². The van der Waals surface area contributed by atoms with Gasteiger partial charge in [-0.15, -0.1) is 30.5 Å². The van der Waals surface area contributed by atoms with Gasteiger partial charge < -0.3 is 25.6 Å². The molecule has 1 radical (unpaired) electrons. The van der Waals surface area contributed by atoms with Crippen molar-refractivity contribution in [2.24, 2.45) is 0 Å². The van der Waals surface area contributed by atoms with Crippen LogP contribution in [0, 0.1) is 48.2 Å². The van der Waals surface area contributed by atoms with Gasteiger partial charge in [0.15, 0.2) is 0 Å². The van der Waals surface area contributed by atoms with Crippen molar-refractivity contribution in [3.05, 3.63) is 96.4 Å². The first-order chi connectivity index (χ1) is 21.5. The van der Waals surface area contributed by atoms with E-state index in [0.29, 0.717) is 11.6 Å². The van der Waals surface area contributed by atoms with Crippen molar-refractivity contribution in [1.29, 1.82) is 0 Å². The summed E-state index contributed by atoms with van der Waals surface area (Å²) in [4.78, 5) is 25.0. The molecule has 3 N–H and O–H groups in total. The van der Waals surface area contributed by atoms with Crippen molar-refractivity contribution in [2.75, 3.05) is 0 Å². The summed E-state index contributed by atoms with van der Waals surface area (Å²) >= 11 is 0. The van der Waals surface area contributed by atoms with E-state index < -0.39 is 20.5 Å². The number of nitrogens with zero attached hydrogens (tertiary/aromatic N) is 10. The molecular formula is C26H27Cl2CuN10O9+. The third-order valence-corrected chi connectivity index (χ3v) is 5.46. The molecule has 259 valence electrons. The van der Waals surface area contributed by atoms with E-state index in [4.69, 9.17) is 37.3 Å². The van der Waals surface area contributed by atoms with E-state index in [1.54, 1.807) is 21.4 Å². The van der Waals surface area contributed by atoms with Crippen LogP contribution >= 0.6 is 0 Å². The largest absolute Gasteiger partial charge is 2.00 e. The van der Waals surface area contributed by atoms with Gasteiger partial charge in [-0.2, -0.15) is 0 Å². The van der Waals surface area contributed by atoms with Crippen molar-refractivity contribution >= 4 is 33.4 Å². The number of aryl methyl sites for hydroxylation is 4. The molecule has 0 unspecified atom stereocenters. The summed E-state index contributed by atoms with van der Waals surface area (Å²) in [5.74, 6) is 1.34. The smallest absolute Gasteiger partial charge is 0.457 e. The quantitative estimate of drug-likeness (QED) is 0.0600. The van der Waals surface area contributed by atoms with Gasteiger partial charge in [-0.25, -0.2) is 46.3 Å². The van der Waals surface area contributed by atoms with Crippen LogP contribution in [0.4, 0.5) is 0 Å². The minimum absolute atomic E-state index is 0. The zero-order chi connectivity index (χ0) is 34.1. The number of aromatic nitrogens is 10. The molecule has 1 aromatic carbocycles. The summed E-state index contributed by atoms with van der Waals surface area (Å²) in [6, 6.07) is 16.1. The second-order valence-corrected chi connectivity index (χ2v) is 10.5. The molecule has 0 atom stereocenters. The Labute approximate surface area is 286 Å². The Morgan fingerprint density at radius 3 is 1.23 bits per heavy atom. The molecular weight excluding hydrogens is 731 g/mol. The average molecular weight is 758 g/mol. The summed E-state index contributed by atoms with van der Waals surface area (Å²) in [5.41, 5.74) is 6.03. The predicted molar refractivity (Wildman–Crippen MR) is 138 cm³/mol. The van der Waals surface area contributed by atoms with E-state index in [0.717, 1.165) is 44.6 Å². The standard InChI is InChI=1S/C12H8N2.2C7H8N4.2ClHO4.Cu.H2O/c1-3-9-5-6-10-4-2-8-14-12(10)11(9)13-7-1;2*1-5-3-6(2)11-7(10-5)8-4-9-11;2*2-1(3,4)5;;/h1-8H;2*3-4H,1-2H3;2*(H,2,3,4,5);;1H2/q;;;;;+2;/p-1. The van der Waals surface area contributed by atoms with Crippen LogP contribution in [0.3, 0.4) is 0 Å². The van der Waals surface area contributed by atoms with Gasteiger partial charge in [-0.05, 0) is 39.8 Å². The van der Waals surface area contributed by atoms with E-state index >= 15 is 0 Å². The van der Waals surface area contributed by atoms with Crippen molar-refractivity contribution < 1.29 is 89.3 Å². The van der Waals surface area contributed by atoms with Gasteiger partial charge in [0.25, 0.3) is 11.6 Å². The van der Waals surface area contributed by atoms with Crippen molar-refractivity contribution in [1.82, 2.24) is 40.1 Å². The Morgan fingerprint density at radius 2 is 0.896 bits per heavy atom. The molecule has 0 aliphatic heterocycles. The van der Waals surface area contributed by atoms with E-state index in [1.807, 2.05) is 52.0 Å². The monoisotopic (exact) mass is 756 g/mol. The summed E-state index contributed by atoms with van der Waals surface area (Å²) in [6.45, 7) is 7.86. The summed E-state index contributed by atoms with van der Waals surface area (Å²) < 4.78 is 71.4. The van der Waals surface area contributed by atoms with E-state index in [2.05, 4.69) is 64.4 Å². The number of fused-ring (bicyclic) bond motifs is 5. The molecule has 0 aliphatic carbocycles. The third kappa shape index (κ3) is 13.9. The minimum Gasteiger partial charge on any atom is -0.457 e. The van der Waals surface area contributed by atoms with Gasteiger partial charge in [0.1, 0.15) is 11.4 Å². The summed E-state index contributed by atoms with van der Waals surface area (Å²) in [5, 5.41) is 10.3. The molecule has 0 spiro atoms. The zero-order valence-corrected chi connectivity index (χ0v) is 27.8. The average Bonchev–Trinajstić information content (AvgIpc) is 3.62. The van der Waals surface area contributed by atoms with Crippen LogP contribution in [0.5, 0.6) is 0 Å². The molecule has 6 heterocycles. The number of pyridine rings is 2. The Hall–Kier alpha value is -4.12. The predicted octanol–water partition coefficient (Wildman–Crippen LogP) is -8.07. The van der Waals surface area contributed by atoms with Gasteiger partial charge in [0.05, 0.1) is 22.4 Å². The van der Waals surface area contributed by atoms with Gasteiger partial charge in [-0.1, -0.05) is 36.9 Å². The molecule has 0 amide bonds. The third-order valence-electron chi connectivity index (χ3n) is 5.46. The molecule has 22 heteroatoms. The van der Waals surface area contributed by atoms with Crippen LogP contribution in [-0.2, 0) is 22.5 Å². The number of benzene rings is 1. The van der Waals surface area contributed by atoms with Crippen molar-refractivity contribution in [2.45, 2.75) is 27.7 Å². The number of rotatable bonds is 0. The van der Waals surface area contributed by atoms with Crippen molar-refractivity contribution in [3.8, 4) is 0 Å². The Kier molecular flexibility index (Phi) is 16.1. The molecule has 19 nitrogen and oxygen atoms in total. The summed E-state index contributed by atoms with van der Waals surface area (Å²) in [6.07, 6.45) is 6.62. The van der Waals surface area contributed by atoms with Crippen LogP contribution in [0.25, 0.3) is 33.4 Å². The van der Waals surface area contributed by atoms with Gasteiger partial charge in [-0.3, -0.25) is 9.97 Å². The first-order valence-corrected chi connectivity index (χ1v) is 15.1. The topological polar surface area (TPSA) is 331 Å². The molecule has 0 saturated heterocycles. The molecule has 48 heavy (non-hydrogen) atoms. The fourth-order valence-electron chi connectivity index (χ4n) is 3.91.